The normalized spacial score (nSPS) is 18.1. The van der Waals surface area contributed by atoms with Gasteiger partial charge in [-0.2, -0.15) is 5.26 Å². The molecule has 0 bridgehead atoms. The van der Waals surface area contributed by atoms with Gasteiger partial charge in [0.1, 0.15) is 6.04 Å². The smallest absolute Gasteiger partial charge is 0.271 e. The van der Waals surface area contributed by atoms with E-state index >= 15 is 0 Å². The van der Waals surface area contributed by atoms with Gasteiger partial charge in [0.05, 0.1) is 11.0 Å². The number of nitro benzene ring substituents is 1. The van der Waals surface area contributed by atoms with Gasteiger partial charge in [-0.25, -0.2) is 0 Å². The zero-order valence-electron chi connectivity index (χ0n) is 9.88. The molecular weight excluding hydrogens is 270 g/mol. The van der Waals surface area contributed by atoms with Crippen molar-refractivity contribution in [2.24, 2.45) is 0 Å². The molecule has 0 spiro atoms. The van der Waals surface area contributed by atoms with Crippen LogP contribution in [0.15, 0.2) is 18.2 Å². The molecule has 0 radical (unpaired) electrons. The number of nitriles is 1. The number of hydrogen-bond donors (Lipinski definition) is 0. The molecule has 1 aliphatic rings. The molecule has 1 aliphatic heterocycles. The van der Waals surface area contributed by atoms with Crippen LogP contribution in [0.3, 0.4) is 0 Å². The summed E-state index contributed by atoms with van der Waals surface area (Å²) in [6.07, 6.45) is 1.39. The molecule has 1 heterocycles. The second-order valence-electron chi connectivity index (χ2n) is 4.24. The molecule has 1 aromatic carbocycles. The maximum atomic E-state index is 12.2. The quantitative estimate of drug-likeness (QED) is 0.614. The fourth-order valence-electron chi connectivity index (χ4n) is 2.11. The van der Waals surface area contributed by atoms with E-state index in [1.165, 1.54) is 23.1 Å². The van der Waals surface area contributed by atoms with E-state index in [-0.39, 0.29) is 16.3 Å². The lowest BCUT2D eigenvalue weighted by Gasteiger charge is -2.19. The third-order valence-electron chi connectivity index (χ3n) is 3.00. The van der Waals surface area contributed by atoms with E-state index in [2.05, 4.69) is 6.07 Å². The highest BCUT2D eigenvalue weighted by molar-refractivity contribution is 6.31. The second kappa shape index (κ2) is 5.24. The molecule has 98 valence electrons. The summed E-state index contributed by atoms with van der Waals surface area (Å²) in [5, 5.41) is 19.8. The van der Waals surface area contributed by atoms with Crippen LogP contribution < -0.4 is 0 Å². The van der Waals surface area contributed by atoms with Gasteiger partial charge in [-0.15, -0.1) is 0 Å². The first kappa shape index (κ1) is 13.3. The number of amides is 1. The van der Waals surface area contributed by atoms with Crippen LogP contribution in [0, 0.1) is 21.4 Å². The number of carbonyl (C=O) groups is 1. The van der Waals surface area contributed by atoms with Crippen molar-refractivity contribution in [2.45, 2.75) is 18.9 Å². The largest absolute Gasteiger partial charge is 0.323 e. The summed E-state index contributed by atoms with van der Waals surface area (Å²) in [5.74, 6) is -0.394. The number of nitrogens with zero attached hydrogens (tertiary/aromatic N) is 3. The molecule has 1 amide bonds. The molecule has 2 rings (SSSR count). The Bertz CT molecular complexity index is 582. The van der Waals surface area contributed by atoms with Crippen molar-refractivity contribution in [1.82, 2.24) is 4.90 Å². The van der Waals surface area contributed by atoms with E-state index in [0.717, 1.165) is 6.42 Å². The van der Waals surface area contributed by atoms with Gasteiger partial charge >= 0.3 is 0 Å². The van der Waals surface area contributed by atoms with Crippen molar-refractivity contribution in [2.75, 3.05) is 6.54 Å². The molecule has 19 heavy (non-hydrogen) atoms. The number of benzene rings is 1. The van der Waals surface area contributed by atoms with Gasteiger partial charge in [0.2, 0.25) is 0 Å². The van der Waals surface area contributed by atoms with Gasteiger partial charge in [-0.05, 0) is 18.9 Å². The third-order valence-corrected chi connectivity index (χ3v) is 3.22. The Hall–Kier alpha value is -2.13. The maximum Gasteiger partial charge on any atom is 0.271 e. The van der Waals surface area contributed by atoms with Gasteiger partial charge in [-0.3, -0.25) is 14.9 Å². The van der Waals surface area contributed by atoms with Crippen LogP contribution in [0.2, 0.25) is 5.02 Å². The molecule has 7 heteroatoms. The maximum absolute atomic E-state index is 12.2. The Morgan fingerprint density at radius 3 is 2.89 bits per heavy atom. The predicted molar refractivity (Wildman–Crippen MR) is 67.8 cm³/mol. The highest BCUT2D eigenvalue weighted by Gasteiger charge is 2.30. The van der Waals surface area contributed by atoms with Crippen LogP contribution in [0.25, 0.3) is 0 Å². The highest BCUT2D eigenvalue weighted by atomic mass is 35.5. The number of halogens is 1. The SMILES string of the molecule is N#CC1CCCN1C(=O)c1cc(Cl)cc([N+](=O)[O-])c1. The Kier molecular flexibility index (Phi) is 3.67. The molecular formula is C12H10ClN3O3. The van der Waals surface area contributed by atoms with Crippen LogP contribution >= 0.6 is 11.6 Å². The minimum absolute atomic E-state index is 0.130. The summed E-state index contributed by atoms with van der Waals surface area (Å²) in [7, 11) is 0. The van der Waals surface area contributed by atoms with Gasteiger partial charge < -0.3 is 4.90 Å². The van der Waals surface area contributed by atoms with Crippen molar-refractivity contribution in [3.8, 4) is 6.07 Å². The molecule has 1 fully saturated rings. The number of carbonyl (C=O) groups excluding carboxylic acids is 1. The third kappa shape index (κ3) is 2.66. The Labute approximate surface area is 114 Å². The first-order valence-electron chi connectivity index (χ1n) is 5.68. The van der Waals surface area contributed by atoms with Crippen molar-refractivity contribution < 1.29 is 9.72 Å². The molecule has 0 saturated carbocycles. The highest BCUT2D eigenvalue weighted by Crippen LogP contribution is 2.25. The number of likely N-dealkylation sites (tertiary alicyclic amines) is 1. The summed E-state index contributed by atoms with van der Waals surface area (Å²) >= 11 is 5.77. The summed E-state index contributed by atoms with van der Waals surface area (Å²) in [6, 6.07) is 5.33. The molecule has 0 aliphatic carbocycles. The van der Waals surface area contributed by atoms with Crippen LogP contribution in [-0.4, -0.2) is 28.3 Å². The summed E-state index contributed by atoms with van der Waals surface area (Å²) in [5.41, 5.74) is -0.0927. The molecule has 1 saturated heterocycles. The average molecular weight is 280 g/mol. The zero-order chi connectivity index (χ0) is 14.0. The van der Waals surface area contributed by atoms with E-state index in [9.17, 15) is 14.9 Å². The lowest BCUT2D eigenvalue weighted by atomic mass is 10.1. The van der Waals surface area contributed by atoms with Crippen LogP contribution in [0.1, 0.15) is 23.2 Å². The van der Waals surface area contributed by atoms with E-state index in [1.54, 1.807) is 0 Å². The molecule has 1 aromatic rings. The van der Waals surface area contributed by atoms with Gasteiger partial charge in [-0.1, -0.05) is 11.6 Å². The summed E-state index contributed by atoms with van der Waals surface area (Å²) in [6.45, 7) is 0.484. The van der Waals surface area contributed by atoms with Gasteiger partial charge in [0.25, 0.3) is 11.6 Å². The lowest BCUT2D eigenvalue weighted by molar-refractivity contribution is -0.384. The Morgan fingerprint density at radius 2 is 2.26 bits per heavy atom. The predicted octanol–water partition coefficient (Wildman–Crippen LogP) is 2.38. The minimum Gasteiger partial charge on any atom is -0.323 e. The number of non-ortho nitro benzene ring substituents is 1. The number of rotatable bonds is 2. The number of hydrogen-bond acceptors (Lipinski definition) is 4. The summed E-state index contributed by atoms with van der Waals surface area (Å²) < 4.78 is 0. The molecule has 1 unspecified atom stereocenters. The van der Waals surface area contributed by atoms with E-state index < -0.39 is 16.9 Å². The van der Waals surface area contributed by atoms with Crippen LogP contribution in [0.5, 0.6) is 0 Å². The zero-order valence-corrected chi connectivity index (χ0v) is 10.6. The topological polar surface area (TPSA) is 87.2 Å². The van der Waals surface area contributed by atoms with Crippen molar-refractivity contribution in [1.29, 1.82) is 5.26 Å². The van der Waals surface area contributed by atoms with Crippen molar-refractivity contribution in [3.05, 3.63) is 38.9 Å². The van der Waals surface area contributed by atoms with E-state index in [4.69, 9.17) is 16.9 Å². The Morgan fingerprint density at radius 1 is 1.53 bits per heavy atom. The second-order valence-corrected chi connectivity index (χ2v) is 4.68. The average Bonchev–Trinajstić information content (AvgIpc) is 2.85. The Balaban J connectivity index is 2.34. The first-order chi connectivity index (χ1) is 9.02. The van der Waals surface area contributed by atoms with Gasteiger partial charge in [0.15, 0.2) is 0 Å². The van der Waals surface area contributed by atoms with E-state index in [0.29, 0.717) is 13.0 Å². The lowest BCUT2D eigenvalue weighted by Crippen LogP contribution is -2.34. The van der Waals surface area contributed by atoms with E-state index in [1.807, 2.05) is 0 Å². The molecule has 0 aromatic heterocycles. The summed E-state index contributed by atoms with van der Waals surface area (Å²) in [4.78, 5) is 23.8. The molecule has 6 nitrogen and oxygen atoms in total. The van der Waals surface area contributed by atoms with Gasteiger partial charge in [0, 0.05) is 29.3 Å². The fraction of sp³-hybridized carbons (Fsp3) is 0.333. The van der Waals surface area contributed by atoms with Crippen LogP contribution in [0.4, 0.5) is 5.69 Å². The standard InChI is InChI=1S/C12H10ClN3O3/c13-9-4-8(5-11(6-9)16(18)19)12(17)15-3-1-2-10(15)7-14/h4-6,10H,1-3H2. The fourth-order valence-corrected chi connectivity index (χ4v) is 2.34. The minimum atomic E-state index is -0.603. The monoisotopic (exact) mass is 279 g/mol. The molecule has 1 atom stereocenters. The van der Waals surface area contributed by atoms with Crippen LogP contribution in [-0.2, 0) is 0 Å². The van der Waals surface area contributed by atoms with Crippen molar-refractivity contribution in [3.63, 3.8) is 0 Å². The molecule has 0 N–H and O–H groups in total. The first-order valence-corrected chi connectivity index (χ1v) is 6.06. The number of nitro groups is 1. The van der Waals surface area contributed by atoms with Crippen molar-refractivity contribution >= 4 is 23.2 Å².